The van der Waals surface area contributed by atoms with Crippen LogP contribution in [0.5, 0.6) is 0 Å². The molecule has 3 unspecified atom stereocenters. The summed E-state index contributed by atoms with van der Waals surface area (Å²) < 4.78 is 68.3. The molecule has 3 N–H and O–H groups in total. The van der Waals surface area contributed by atoms with Gasteiger partial charge in [0.15, 0.2) is 12.2 Å². The highest BCUT2D eigenvalue weighted by molar-refractivity contribution is 7.47. The van der Waals surface area contributed by atoms with Crippen molar-refractivity contribution in [2.45, 2.75) is 382 Å². The summed E-state index contributed by atoms with van der Waals surface area (Å²) in [5.41, 5.74) is 0. The van der Waals surface area contributed by atoms with Crippen LogP contribution < -0.4 is 0 Å². The number of ether oxygens (including phenoxy) is 4. The molecule has 19 heteroatoms. The number of aliphatic hydroxyl groups excluding tert-OH is 1. The Bertz CT molecular complexity index is 1820. The number of hydrogen-bond donors (Lipinski definition) is 3. The molecule has 0 saturated carbocycles. The molecule has 0 amide bonds. The van der Waals surface area contributed by atoms with Gasteiger partial charge in [-0.2, -0.15) is 0 Å². The zero-order chi connectivity index (χ0) is 68.2. The first-order valence-corrected chi connectivity index (χ1v) is 40.7. The van der Waals surface area contributed by atoms with Crippen molar-refractivity contribution in [2.24, 2.45) is 23.7 Å². The minimum atomic E-state index is -4.95. The molecule has 0 aliphatic rings. The molecule has 0 radical (unpaired) electrons. The summed E-state index contributed by atoms with van der Waals surface area (Å²) in [6.45, 7) is 14.1. The lowest BCUT2D eigenvalue weighted by Crippen LogP contribution is -2.30. The van der Waals surface area contributed by atoms with Gasteiger partial charge in [0, 0.05) is 25.7 Å². The summed E-state index contributed by atoms with van der Waals surface area (Å²) >= 11 is 0. The second-order valence-corrected chi connectivity index (χ2v) is 30.9. The average Bonchev–Trinajstić information content (AvgIpc) is 3.52. The van der Waals surface area contributed by atoms with E-state index in [0.29, 0.717) is 31.6 Å². The van der Waals surface area contributed by atoms with Gasteiger partial charge >= 0.3 is 39.5 Å². The number of carbonyl (C=O) groups is 4. The molecule has 0 aromatic heterocycles. The van der Waals surface area contributed by atoms with Gasteiger partial charge in [0.2, 0.25) is 0 Å². The first-order valence-electron chi connectivity index (χ1n) is 37.7. The Morgan fingerprint density at radius 1 is 0.304 bits per heavy atom. The monoisotopic (exact) mass is 1350 g/mol. The summed E-state index contributed by atoms with van der Waals surface area (Å²) in [5, 5.41) is 10.6. The highest BCUT2D eigenvalue weighted by Gasteiger charge is 2.30. The largest absolute Gasteiger partial charge is 0.472 e. The number of hydrogen-bond acceptors (Lipinski definition) is 15. The Hall–Kier alpha value is -1.94. The van der Waals surface area contributed by atoms with Crippen molar-refractivity contribution in [2.75, 3.05) is 39.6 Å². The van der Waals surface area contributed by atoms with E-state index in [4.69, 9.17) is 37.0 Å². The zero-order valence-corrected chi connectivity index (χ0v) is 62.0. The summed E-state index contributed by atoms with van der Waals surface area (Å²) in [7, 11) is -9.90. The molecule has 0 heterocycles. The van der Waals surface area contributed by atoms with Crippen LogP contribution in [-0.4, -0.2) is 96.7 Å². The van der Waals surface area contributed by atoms with Crippen molar-refractivity contribution in [3.8, 4) is 0 Å². The normalized spacial score (nSPS) is 14.5. The van der Waals surface area contributed by atoms with E-state index in [1.54, 1.807) is 0 Å². The van der Waals surface area contributed by atoms with E-state index in [1.165, 1.54) is 154 Å². The third-order valence-corrected chi connectivity index (χ3v) is 19.1. The lowest BCUT2D eigenvalue weighted by atomic mass is 10.00. The predicted octanol–water partition coefficient (Wildman–Crippen LogP) is 20.9. The number of unbranched alkanes of at least 4 members (excludes halogenated alkanes) is 35. The number of phosphoric ester groups is 2. The molecule has 0 fully saturated rings. The van der Waals surface area contributed by atoms with Gasteiger partial charge in [-0.1, -0.05) is 312 Å². The molecule has 0 aromatic carbocycles. The minimum absolute atomic E-state index is 0.103. The van der Waals surface area contributed by atoms with Crippen molar-refractivity contribution in [1.29, 1.82) is 0 Å². The SMILES string of the molecule is CCC(C)CCCCCCCCC(=O)OC[C@H](COP(=O)(O)OC[C@H](O)COP(=O)(O)OC[C@@H](COC(=O)CCCCCCCCCC(C)C)OC(=O)CCCCCCCCCCC(C)C)OC(=O)CCCCCCCCCCCCCCCCCCCCC(C)C. The molecule has 6 atom stereocenters. The molecular formula is C73H142O17P2. The van der Waals surface area contributed by atoms with Gasteiger partial charge in [0.05, 0.1) is 26.4 Å². The summed E-state index contributed by atoms with van der Waals surface area (Å²) in [4.78, 5) is 72.6. The molecular weight excluding hydrogens is 1210 g/mol. The maximum Gasteiger partial charge on any atom is 0.472 e. The first-order chi connectivity index (χ1) is 44.1. The Morgan fingerprint density at radius 2 is 0.522 bits per heavy atom. The Kier molecular flexibility index (Phi) is 61.3. The van der Waals surface area contributed by atoms with Crippen LogP contribution in [0.4, 0.5) is 0 Å². The fourth-order valence-corrected chi connectivity index (χ4v) is 12.6. The van der Waals surface area contributed by atoms with Crippen LogP contribution in [0, 0.1) is 23.7 Å². The lowest BCUT2D eigenvalue weighted by molar-refractivity contribution is -0.161. The molecule has 0 aliphatic carbocycles. The van der Waals surface area contributed by atoms with E-state index >= 15 is 0 Å². The molecule has 0 spiro atoms. The van der Waals surface area contributed by atoms with Crippen molar-refractivity contribution in [3.05, 3.63) is 0 Å². The minimum Gasteiger partial charge on any atom is -0.462 e. The predicted molar refractivity (Wildman–Crippen MR) is 372 cm³/mol. The van der Waals surface area contributed by atoms with Crippen molar-refractivity contribution in [3.63, 3.8) is 0 Å². The van der Waals surface area contributed by atoms with Crippen molar-refractivity contribution < 1.29 is 80.2 Å². The third kappa shape index (κ3) is 65.4. The molecule has 0 rings (SSSR count). The molecule has 0 bridgehead atoms. The summed E-state index contributed by atoms with van der Waals surface area (Å²) in [6.07, 6.45) is 46.1. The van der Waals surface area contributed by atoms with E-state index in [-0.39, 0.29) is 25.7 Å². The lowest BCUT2D eigenvalue weighted by Gasteiger charge is -2.21. The van der Waals surface area contributed by atoms with Crippen LogP contribution in [0.25, 0.3) is 0 Å². The van der Waals surface area contributed by atoms with Gasteiger partial charge in [-0.15, -0.1) is 0 Å². The van der Waals surface area contributed by atoms with Gasteiger partial charge < -0.3 is 33.8 Å². The number of carbonyl (C=O) groups excluding carboxylic acids is 4. The summed E-state index contributed by atoms with van der Waals surface area (Å²) in [5.74, 6) is 0.845. The molecule has 92 heavy (non-hydrogen) atoms. The van der Waals surface area contributed by atoms with Gasteiger partial charge in [0.25, 0.3) is 0 Å². The Labute approximate surface area is 562 Å². The van der Waals surface area contributed by atoms with Crippen molar-refractivity contribution >= 4 is 39.5 Å². The number of aliphatic hydroxyl groups is 1. The van der Waals surface area contributed by atoms with Crippen LogP contribution in [0.2, 0.25) is 0 Å². The molecule has 546 valence electrons. The van der Waals surface area contributed by atoms with Gasteiger partial charge in [-0.3, -0.25) is 37.3 Å². The number of esters is 4. The standard InChI is InChI=1S/C73H142O17P2/c1-9-66(8)52-44-36-31-32-38-46-54-71(76)84-60-69(89-72(77)55-47-39-28-21-19-17-15-13-11-10-12-14-16-18-20-25-33-41-49-63(2)3)62-88-92(81,82)86-58-67(74)57-85-91(79,80)87-61-68(59-83-70(75)53-45-37-30-24-27-35-43-51-65(6)7)90-73(78)56-48-40-29-23-22-26-34-42-50-64(4)5/h63-69,74H,9-62H2,1-8H3,(H,79,80)(H,81,82)/t66?,67-,68-,69-/m1/s1. The average molecular weight is 1350 g/mol. The van der Waals surface area contributed by atoms with Gasteiger partial charge in [-0.25, -0.2) is 9.13 Å². The highest BCUT2D eigenvalue weighted by Crippen LogP contribution is 2.45. The van der Waals surface area contributed by atoms with E-state index in [2.05, 4.69) is 55.4 Å². The molecule has 17 nitrogen and oxygen atoms in total. The van der Waals surface area contributed by atoms with Crippen molar-refractivity contribution in [1.82, 2.24) is 0 Å². The Balaban J connectivity index is 5.17. The van der Waals surface area contributed by atoms with Crippen LogP contribution >= 0.6 is 15.6 Å². The van der Waals surface area contributed by atoms with E-state index in [9.17, 15) is 43.2 Å². The van der Waals surface area contributed by atoms with Crippen LogP contribution in [0.3, 0.4) is 0 Å². The van der Waals surface area contributed by atoms with Crippen LogP contribution in [0.15, 0.2) is 0 Å². The maximum absolute atomic E-state index is 13.0. The summed E-state index contributed by atoms with van der Waals surface area (Å²) in [6, 6.07) is 0. The smallest absolute Gasteiger partial charge is 0.462 e. The topological polar surface area (TPSA) is 237 Å². The highest BCUT2D eigenvalue weighted by atomic mass is 31.2. The van der Waals surface area contributed by atoms with Gasteiger partial charge in [-0.05, 0) is 49.4 Å². The van der Waals surface area contributed by atoms with E-state index < -0.39 is 97.5 Å². The fourth-order valence-electron chi connectivity index (χ4n) is 11.0. The number of phosphoric acid groups is 2. The molecule has 0 saturated heterocycles. The Morgan fingerprint density at radius 3 is 0.772 bits per heavy atom. The molecule has 0 aliphatic heterocycles. The maximum atomic E-state index is 13.0. The fraction of sp³-hybridized carbons (Fsp3) is 0.945. The second kappa shape index (κ2) is 62.6. The molecule has 0 aromatic rings. The zero-order valence-electron chi connectivity index (χ0n) is 60.2. The third-order valence-electron chi connectivity index (χ3n) is 17.2. The second-order valence-electron chi connectivity index (χ2n) is 28.0. The van der Waals surface area contributed by atoms with Crippen LogP contribution in [0.1, 0.15) is 364 Å². The van der Waals surface area contributed by atoms with Gasteiger partial charge in [0.1, 0.15) is 19.3 Å². The number of rotatable bonds is 70. The quantitative estimate of drug-likeness (QED) is 0.0222. The van der Waals surface area contributed by atoms with E-state index in [1.807, 2.05) is 0 Å². The van der Waals surface area contributed by atoms with Crippen LogP contribution in [-0.2, 0) is 65.4 Å². The van der Waals surface area contributed by atoms with E-state index in [0.717, 1.165) is 120 Å². The first kappa shape index (κ1) is 90.1.